The summed E-state index contributed by atoms with van der Waals surface area (Å²) in [5, 5.41) is 47.9. The lowest BCUT2D eigenvalue weighted by Gasteiger charge is -2.64. The molecule has 3 aromatic rings. The largest absolute Gasteiger partial charge is 0.508 e. The molecule has 4 bridgehead atoms. The summed E-state index contributed by atoms with van der Waals surface area (Å²) in [5.41, 5.74) is 3.51. The van der Waals surface area contributed by atoms with Gasteiger partial charge in [-0.3, -0.25) is 14.6 Å². The number of H-pyrrole nitrogens is 1. The van der Waals surface area contributed by atoms with Crippen LogP contribution in [0.1, 0.15) is 88.1 Å². The highest BCUT2D eigenvalue weighted by atomic mass is 16.3. The van der Waals surface area contributed by atoms with E-state index in [1.165, 1.54) is 31.2 Å². The standard InChI is InChI=1S/C40H45N3O5/c44-26-7-5-24-13-33-39(47)17-28-29-18-40(48)34-14-25-6-8-27(45)16-31(25)38(40,10-12-43(34)21-23-3-4-23)36(46)35(29)41-32(28)19-37(39,30(24)15-26)9-11-42(33)20-22-1-2-22/h5-8,15-16,22-23,33-34,41,44-45,47-48H,1-4,9-14,17-21H2/t33-,34-,37-,38+,39-,40-/m1/s1. The molecule has 8 heteroatoms. The van der Waals surface area contributed by atoms with Gasteiger partial charge in [0.05, 0.1) is 16.7 Å². The summed E-state index contributed by atoms with van der Waals surface area (Å²) in [6.07, 6.45) is 9.04. The average Bonchev–Trinajstić information content (AvgIpc) is 3.99. The number of aromatic amines is 1. The molecular weight excluding hydrogens is 602 g/mol. The van der Waals surface area contributed by atoms with Crippen molar-refractivity contribution in [2.24, 2.45) is 11.8 Å². The van der Waals surface area contributed by atoms with E-state index in [2.05, 4.69) is 20.9 Å². The fraction of sp³-hybridized carbons (Fsp3) is 0.575. The van der Waals surface area contributed by atoms with Crippen molar-refractivity contribution in [2.75, 3.05) is 26.2 Å². The molecule has 0 amide bonds. The number of nitrogens with zero attached hydrogens (tertiary/aromatic N) is 2. The Bertz CT molecular complexity index is 1930. The van der Waals surface area contributed by atoms with Gasteiger partial charge in [0.25, 0.3) is 0 Å². The van der Waals surface area contributed by atoms with Crippen LogP contribution in [0.3, 0.4) is 0 Å². The molecule has 2 aromatic carbocycles. The van der Waals surface area contributed by atoms with E-state index in [0.717, 1.165) is 72.5 Å². The molecule has 2 saturated carbocycles. The number of benzene rings is 2. The molecule has 0 radical (unpaired) electrons. The van der Waals surface area contributed by atoms with Crippen LogP contribution in [0.2, 0.25) is 0 Å². The molecule has 48 heavy (non-hydrogen) atoms. The molecule has 5 N–H and O–H groups in total. The molecular formula is C40H45N3O5. The summed E-state index contributed by atoms with van der Waals surface area (Å²) in [7, 11) is 0. The Morgan fingerprint density at radius 1 is 0.729 bits per heavy atom. The second kappa shape index (κ2) is 9.13. The maximum Gasteiger partial charge on any atom is 0.192 e. The molecule has 0 spiro atoms. The minimum atomic E-state index is -1.32. The molecule has 8 aliphatic rings. The molecule has 2 saturated heterocycles. The highest BCUT2D eigenvalue weighted by molar-refractivity contribution is 6.07. The molecule has 2 aliphatic heterocycles. The number of aromatic hydroxyl groups is 2. The summed E-state index contributed by atoms with van der Waals surface area (Å²) < 4.78 is 0. The number of piperidine rings is 2. The van der Waals surface area contributed by atoms with E-state index < -0.39 is 22.0 Å². The number of ketones is 1. The molecule has 6 aliphatic carbocycles. The Balaban J connectivity index is 1.08. The van der Waals surface area contributed by atoms with Gasteiger partial charge in [-0.15, -0.1) is 0 Å². The number of hydrogen-bond donors (Lipinski definition) is 5. The van der Waals surface area contributed by atoms with Crippen molar-refractivity contribution in [1.82, 2.24) is 14.8 Å². The molecule has 4 fully saturated rings. The molecule has 0 unspecified atom stereocenters. The van der Waals surface area contributed by atoms with Crippen molar-refractivity contribution in [1.29, 1.82) is 0 Å². The van der Waals surface area contributed by atoms with Crippen LogP contribution in [-0.2, 0) is 42.9 Å². The number of aromatic nitrogens is 1. The van der Waals surface area contributed by atoms with Crippen LogP contribution in [-0.4, -0.2) is 90.5 Å². The van der Waals surface area contributed by atoms with Gasteiger partial charge in [0.2, 0.25) is 0 Å². The monoisotopic (exact) mass is 647 g/mol. The Labute approximate surface area is 280 Å². The van der Waals surface area contributed by atoms with E-state index in [-0.39, 0.29) is 29.4 Å². The van der Waals surface area contributed by atoms with Crippen molar-refractivity contribution in [2.45, 2.75) is 105 Å². The van der Waals surface area contributed by atoms with Gasteiger partial charge < -0.3 is 25.4 Å². The first-order valence-corrected chi connectivity index (χ1v) is 18.5. The van der Waals surface area contributed by atoms with Crippen LogP contribution < -0.4 is 0 Å². The number of phenols is 2. The fourth-order valence-electron chi connectivity index (χ4n) is 12.1. The number of fused-ring (bicyclic) bond motifs is 5. The molecule has 11 rings (SSSR count). The number of carbonyl (C=O) groups is 1. The van der Waals surface area contributed by atoms with Gasteiger partial charge in [0, 0.05) is 55.5 Å². The zero-order valence-corrected chi connectivity index (χ0v) is 27.5. The van der Waals surface area contributed by atoms with Crippen molar-refractivity contribution in [3.63, 3.8) is 0 Å². The van der Waals surface area contributed by atoms with Crippen molar-refractivity contribution in [3.8, 4) is 11.5 Å². The van der Waals surface area contributed by atoms with Gasteiger partial charge in [-0.25, -0.2) is 0 Å². The van der Waals surface area contributed by atoms with Gasteiger partial charge in [-0.05, 0) is 134 Å². The Hall–Kier alpha value is -3.17. The normalized spacial score (nSPS) is 37.9. The third kappa shape index (κ3) is 3.43. The third-order valence-electron chi connectivity index (χ3n) is 14.8. The number of nitrogens with one attached hydrogen (secondary N) is 1. The molecule has 8 nitrogen and oxygen atoms in total. The fourth-order valence-corrected chi connectivity index (χ4v) is 12.1. The highest BCUT2D eigenvalue weighted by Crippen LogP contribution is 2.62. The van der Waals surface area contributed by atoms with E-state index >= 15 is 4.79 Å². The Kier molecular flexibility index (Phi) is 5.45. The summed E-state index contributed by atoms with van der Waals surface area (Å²) >= 11 is 0. The molecule has 6 atom stereocenters. The zero-order chi connectivity index (χ0) is 32.4. The number of phenolic OH excluding ortho intramolecular Hbond substituents is 2. The number of rotatable bonds is 4. The summed E-state index contributed by atoms with van der Waals surface area (Å²) in [5.74, 6) is 1.66. The van der Waals surface area contributed by atoms with E-state index in [1.807, 2.05) is 12.1 Å². The Morgan fingerprint density at radius 3 is 1.98 bits per heavy atom. The first-order valence-electron chi connectivity index (χ1n) is 18.5. The highest BCUT2D eigenvalue weighted by Gasteiger charge is 2.71. The van der Waals surface area contributed by atoms with Crippen molar-refractivity contribution >= 4 is 5.78 Å². The lowest BCUT2D eigenvalue weighted by Crippen LogP contribution is -2.76. The topological polar surface area (TPSA) is 120 Å². The number of hydrogen-bond acceptors (Lipinski definition) is 7. The second-order valence-electron chi connectivity index (χ2n) is 17.1. The smallest absolute Gasteiger partial charge is 0.192 e. The van der Waals surface area contributed by atoms with E-state index in [4.69, 9.17) is 0 Å². The van der Waals surface area contributed by atoms with Crippen LogP contribution in [0.25, 0.3) is 0 Å². The SMILES string of the molecule is O=C1c2[nH]c3c(c2C[C@@]2(O)[C@H]4Cc5ccc(O)cc5[C@@]12CCN4CC1CC1)C[C@@]1(O)[C@H]2Cc4ccc(O)cc4[C@@]1(CCN2CC1CC1)C3. The van der Waals surface area contributed by atoms with Crippen LogP contribution in [0.15, 0.2) is 36.4 Å². The lowest BCUT2D eigenvalue weighted by molar-refractivity contribution is -0.152. The molecule has 250 valence electrons. The minimum absolute atomic E-state index is 0.0470. The maximum atomic E-state index is 15.3. The molecule has 3 heterocycles. The minimum Gasteiger partial charge on any atom is -0.508 e. The predicted octanol–water partition coefficient (Wildman–Crippen LogP) is 3.68. The van der Waals surface area contributed by atoms with Crippen molar-refractivity contribution in [3.05, 3.63) is 81.2 Å². The average molecular weight is 648 g/mol. The summed E-state index contributed by atoms with van der Waals surface area (Å²) in [6.45, 7) is 3.63. The van der Waals surface area contributed by atoms with E-state index in [0.29, 0.717) is 49.6 Å². The van der Waals surface area contributed by atoms with Gasteiger partial charge in [-0.1, -0.05) is 12.1 Å². The van der Waals surface area contributed by atoms with Crippen LogP contribution in [0, 0.1) is 11.8 Å². The predicted molar refractivity (Wildman–Crippen MR) is 179 cm³/mol. The first kappa shape index (κ1) is 28.6. The molecule has 1 aromatic heterocycles. The van der Waals surface area contributed by atoms with Crippen molar-refractivity contribution < 1.29 is 25.2 Å². The van der Waals surface area contributed by atoms with Gasteiger partial charge in [0.15, 0.2) is 5.78 Å². The number of carbonyl (C=O) groups excluding carboxylic acids is 1. The first-order chi connectivity index (χ1) is 23.1. The maximum absolute atomic E-state index is 15.3. The third-order valence-corrected chi connectivity index (χ3v) is 14.8. The van der Waals surface area contributed by atoms with Gasteiger partial charge >= 0.3 is 0 Å². The van der Waals surface area contributed by atoms with E-state index in [1.54, 1.807) is 18.2 Å². The van der Waals surface area contributed by atoms with Crippen LogP contribution >= 0.6 is 0 Å². The Morgan fingerprint density at radius 2 is 1.31 bits per heavy atom. The number of aliphatic hydroxyl groups is 2. The van der Waals surface area contributed by atoms with Crippen LogP contribution in [0.5, 0.6) is 11.5 Å². The number of likely N-dealkylation sites (tertiary alicyclic amines) is 2. The van der Waals surface area contributed by atoms with Gasteiger partial charge in [0.1, 0.15) is 17.1 Å². The number of Topliss-reactive ketones (excluding diaryl/α,β-unsaturated/α-hetero) is 1. The zero-order valence-electron chi connectivity index (χ0n) is 27.5. The summed E-state index contributed by atoms with van der Waals surface area (Å²) in [4.78, 5) is 24.0. The van der Waals surface area contributed by atoms with Gasteiger partial charge in [-0.2, -0.15) is 0 Å². The van der Waals surface area contributed by atoms with Crippen LogP contribution in [0.4, 0.5) is 0 Å². The van der Waals surface area contributed by atoms with E-state index in [9.17, 15) is 20.4 Å². The quantitative estimate of drug-likeness (QED) is 0.293. The summed E-state index contributed by atoms with van der Waals surface area (Å²) in [6, 6.07) is 10.9. The second-order valence-corrected chi connectivity index (χ2v) is 17.1. The lowest BCUT2D eigenvalue weighted by atomic mass is 9.47.